The number of aliphatic carboxylic acids is 1. The van der Waals surface area contributed by atoms with Crippen molar-refractivity contribution in [1.29, 1.82) is 0 Å². The Balaban J connectivity index is 2.45. The van der Waals surface area contributed by atoms with Gasteiger partial charge in [-0.05, 0) is 36.1 Å². The van der Waals surface area contributed by atoms with Crippen LogP contribution in [0.1, 0.15) is 11.1 Å². The topological polar surface area (TPSA) is 37.3 Å². The minimum absolute atomic E-state index is 0.188. The predicted octanol–water partition coefficient (Wildman–Crippen LogP) is 4.69. The summed E-state index contributed by atoms with van der Waals surface area (Å²) in [6.45, 7) is 0. The van der Waals surface area contributed by atoms with Gasteiger partial charge >= 0.3 is 5.97 Å². The molecule has 0 saturated heterocycles. The van der Waals surface area contributed by atoms with Crippen LogP contribution in [0.5, 0.6) is 0 Å². The molecule has 0 amide bonds. The fourth-order valence-corrected chi connectivity index (χ4v) is 2.45. The van der Waals surface area contributed by atoms with Gasteiger partial charge in [0.2, 0.25) is 0 Å². The Kier molecular flexibility index (Phi) is 4.88. The van der Waals surface area contributed by atoms with Gasteiger partial charge in [0.15, 0.2) is 0 Å². The van der Waals surface area contributed by atoms with E-state index < -0.39 is 5.97 Å². The van der Waals surface area contributed by atoms with Gasteiger partial charge in [-0.25, -0.2) is 4.79 Å². The number of hydrogen-bond donors (Lipinski definition) is 1. The summed E-state index contributed by atoms with van der Waals surface area (Å²) in [6, 6.07) is 14.7. The van der Waals surface area contributed by atoms with Crippen molar-refractivity contribution in [2.24, 2.45) is 0 Å². The maximum absolute atomic E-state index is 11.4. The molecule has 102 valence electrons. The van der Waals surface area contributed by atoms with Crippen molar-refractivity contribution in [3.8, 4) is 0 Å². The zero-order valence-corrected chi connectivity index (χ0v) is 12.4. The molecule has 4 heteroatoms. The van der Waals surface area contributed by atoms with Gasteiger partial charge in [-0.1, -0.05) is 41.9 Å². The summed E-state index contributed by atoms with van der Waals surface area (Å²) in [5.41, 5.74) is 1.54. The summed E-state index contributed by atoms with van der Waals surface area (Å²) in [5.74, 6) is -0.993. The molecule has 0 fully saturated rings. The van der Waals surface area contributed by atoms with Gasteiger partial charge in [0.25, 0.3) is 0 Å². The molecule has 0 aliphatic heterocycles. The van der Waals surface area contributed by atoms with E-state index in [1.54, 1.807) is 42.1 Å². The zero-order chi connectivity index (χ0) is 14.5. The van der Waals surface area contributed by atoms with Crippen molar-refractivity contribution in [1.82, 2.24) is 0 Å². The van der Waals surface area contributed by atoms with Crippen molar-refractivity contribution >= 4 is 41.0 Å². The molecule has 2 aromatic rings. The van der Waals surface area contributed by atoms with Crippen molar-refractivity contribution < 1.29 is 9.90 Å². The maximum atomic E-state index is 11.4. The second-order valence-electron chi connectivity index (χ2n) is 4.12. The van der Waals surface area contributed by atoms with Gasteiger partial charge < -0.3 is 5.11 Å². The summed E-state index contributed by atoms with van der Waals surface area (Å²) in [6.07, 6.45) is 3.63. The van der Waals surface area contributed by atoms with E-state index in [9.17, 15) is 9.90 Å². The molecule has 0 aliphatic carbocycles. The Morgan fingerprint density at radius 1 is 1.15 bits per heavy atom. The first-order chi connectivity index (χ1) is 9.61. The maximum Gasteiger partial charge on any atom is 0.336 e. The lowest BCUT2D eigenvalue weighted by atomic mass is 10.0. The molecule has 0 spiro atoms. The monoisotopic (exact) mass is 304 g/mol. The largest absolute Gasteiger partial charge is 0.478 e. The number of rotatable bonds is 4. The first kappa shape index (κ1) is 14.7. The Labute approximate surface area is 127 Å². The van der Waals surface area contributed by atoms with Gasteiger partial charge in [0.1, 0.15) is 0 Å². The number of benzene rings is 2. The molecule has 1 N–H and O–H groups in total. The molecule has 2 nitrogen and oxygen atoms in total. The molecule has 2 rings (SSSR count). The normalized spacial score (nSPS) is 11.4. The number of halogens is 1. The molecule has 20 heavy (non-hydrogen) atoms. The van der Waals surface area contributed by atoms with Crippen molar-refractivity contribution in [3.63, 3.8) is 0 Å². The third-order valence-electron chi connectivity index (χ3n) is 2.82. The molecule has 0 aliphatic rings. The molecule has 0 aromatic heterocycles. The molecule has 0 atom stereocenters. The third kappa shape index (κ3) is 3.44. The lowest BCUT2D eigenvalue weighted by Crippen LogP contribution is -2.00. The SMILES string of the molecule is CSc1ccc(/C=C(\C(=O)O)c2ccccc2Cl)cc1. The van der Waals surface area contributed by atoms with Crippen molar-refractivity contribution in [3.05, 3.63) is 64.7 Å². The summed E-state index contributed by atoms with van der Waals surface area (Å²) >= 11 is 7.71. The highest BCUT2D eigenvalue weighted by Gasteiger charge is 2.13. The quantitative estimate of drug-likeness (QED) is 0.506. The van der Waals surface area contributed by atoms with Gasteiger partial charge in [-0.15, -0.1) is 11.8 Å². The number of carbonyl (C=O) groups is 1. The van der Waals surface area contributed by atoms with Crippen LogP contribution in [0.15, 0.2) is 53.4 Å². The molecule has 0 saturated carbocycles. The van der Waals surface area contributed by atoms with Crippen LogP contribution in [0.2, 0.25) is 5.02 Å². The second-order valence-corrected chi connectivity index (χ2v) is 5.40. The fourth-order valence-electron chi connectivity index (χ4n) is 1.80. The minimum Gasteiger partial charge on any atom is -0.478 e. The van der Waals surface area contributed by atoms with E-state index in [1.165, 1.54) is 0 Å². The summed E-state index contributed by atoms with van der Waals surface area (Å²) in [4.78, 5) is 12.6. The Hall–Kier alpha value is -1.71. The van der Waals surface area contributed by atoms with Crippen LogP contribution in [0.3, 0.4) is 0 Å². The van der Waals surface area contributed by atoms with Crippen LogP contribution in [-0.2, 0) is 4.79 Å². The van der Waals surface area contributed by atoms with Gasteiger partial charge in [0, 0.05) is 15.5 Å². The predicted molar refractivity (Wildman–Crippen MR) is 85.2 cm³/mol. The minimum atomic E-state index is -0.993. The molecule has 0 radical (unpaired) electrons. The summed E-state index contributed by atoms with van der Waals surface area (Å²) < 4.78 is 0. The zero-order valence-electron chi connectivity index (χ0n) is 10.8. The second kappa shape index (κ2) is 6.64. The van der Waals surface area contributed by atoms with E-state index >= 15 is 0 Å². The van der Waals surface area contributed by atoms with Crippen LogP contribution in [-0.4, -0.2) is 17.3 Å². The van der Waals surface area contributed by atoms with Crippen LogP contribution in [0.4, 0.5) is 0 Å². The lowest BCUT2D eigenvalue weighted by molar-refractivity contribution is -0.130. The fraction of sp³-hybridized carbons (Fsp3) is 0.0625. The van der Waals surface area contributed by atoms with E-state index in [-0.39, 0.29) is 5.57 Å². The molecule has 0 bridgehead atoms. The highest BCUT2D eigenvalue weighted by Crippen LogP contribution is 2.26. The Morgan fingerprint density at radius 2 is 1.80 bits per heavy atom. The molecule has 2 aromatic carbocycles. The standard InChI is InChI=1S/C16H13ClO2S/c1-20-12-8-6-11(7-9-12)10-14(16(18)19)13-4-2-3-5-15(13)17/h2-10H,1H3,(H,18,19)/b14-10-. The molecule has 0 heterocycles. The summed E-state index contributed by atoms with van der Waals surface area (Å²) in [7, 11) is 0. The first-order valence-corrected chi connectivity index (χ1v) is 7.56. The Morgan fingerprint density at radius 3 is 2.35 bits per heavy atom. The van der Waals surface area contributed by atoms with Crippen molar-refractivity contribution in [2.75, 3.05) is 6.26 Å². The molecule has 0 unspecified atom stereocenters. The van der Waals surface area contributed by atoms with Crippen LogP contribution < -0.4 is 0 Å². The van der Waals surface area contributed by atoms with Gasteiger partial charge in [-0.2, -0.15) is 0 Å². The first-order valence-electron chi connectivity index (χ1n) is 5.96. The van der Waals surface area contributed by atoms with Crippen LogP contribution >= 0.6 is 23.4 Å². The Bertz CT molecular complexity index is 648. The highest BCUT2D eigenvalue weighted by molar-refractivity contribution is 7.98. The van der Waals surface area contributed by atoms with Gasteiger partial charge in [0.05, 0.1) is 5.57 Å². The van der Waals surface area contributed by atoms with E-state index in [4.69, 9.17) is 11.6 Å². The van der Waals surface area contributed by atoms with Crippen molar-refractivity contribution in [2.45, 2.75) is 4.90 Å². The lowest BCUT2D eigenvalue weighted by Gasteiger charge is -2.06. The van der Waals surface area contributed by atoms with E-state index in [0.29, 0.717) is 10.6 Å². The number of carboxylic acid groups (broad SMARTS) is 1. The van der Waals surface area contributed by atoms with Crippen LogP contribution in [0.25, 0.3) is 11.6 Å². The van der Waals surface area contributed by atoms with E-state index in [2.05, 4.69) is 0 Å². The number of carboxylic acids is 1. The number of hydrogen-bond acceptors (Lipinski definition) is 2. The van der Waals surface area contributed by atoms with Crippen LogP contribution in [0, 0.1) is 0 Å². The third-order valence-corrected chi connectivity index (χ3v) is 3.89. The average Bonchev–Trinajstić information content (AvgIpc) is 2.46. The number of thioether (sulfide) groups is 1. The highest BCUT2D eigenvalue weighted by atomic mass is 35.5. The molecular formula is C16H13ClO2S. The summed E-state index contributed by atoms with van der Waals surface area (Å²) in [5, 5.41) is 9.81. The average molecular weight is 305 g/mol. The van der Waals surface area contributed by atoms with E-state index in [1.807, 2.05) is 30.5 Å². The van der Waals surface area contributed by atoms with Gasteiger partial charge in [-0.3, -0.25) is 0 Å². The molecular weight excluding hydrogens is 292 g/mol. The smallest absolute Gasteiger partial charge is 0.336 e. The van der Waals surface area contributed by atoms with E-state index in [0.717, 1.165) is 10.5 Å².